The largest absolute Gasteiger partial charge is 0.310 e. The van der Waals surface area contributed by atoms with Crippen LogP contribution < -0.4 is 5.32 Å². The molecule has 0 aromatic rings. The molecule has 1 rings (SSSR count). The molecule has 1 heteroatoms. The Morgan fingerprint density at radius 3 is 2.29 bits per heavy atom. The van der Waals surface area contributed by atoms with Crippen molar-refractivity contribution in [2.45, 2.75) is 64.3 Å². The van der Waals surface area contributed by atoms with Gasteiger partial charge in [0.05, 0.1) is 0 Å². The van der Waals surface area contributed by atoms with Gasteiger partial charge in [-0.1, -0.05) is 51.2 Å². The van der Waals surface area contributed by atoms with Crippen LogP contribution in [0.1, 0.15) is 58.3 Å². The lowest BCUT2D eigenvalue weighted by atomic mass is 9.96. The highest BCUT2D eigenvalue weighted by molar-refractivity contribution is 4.95. The highest BCUT2D eigenvalue weighted by atomic mass is 14.9. The predicted molar refractivity (Wildman–Crippen MR) is 63.5 cm³/mol. The summed E-state index contributed by atoms with van der Waals surface area (Å²) in [5, 5.41) is 3.64. The first-order valence-corrected chi connectivity index (χ1v) is 6.23. The first-order chi connectivity index (χ1) is 6.83. The van der Waals surface area contributed by atoms with E-state index < -0.39 is 0 Å². The summed E-state index contributed by atoms with van der Waals surface area (Å²) < 4.78 is 0. The fourth-order valence-electron chi connectivity index (χ4n) is 2.07. The SMILES string of the molecule is C=C(CC)CNC1CCCCCCC1. The van der Waals surface area contributed by atoms with Crippen molar-refractivity contribution < 1.29 is 0 Å². The average Bonchev–Trinajstić information content (AvgIpc) is 2.15. The molecule has 0 heterocycles. The number of nitrogens with one attached hydrogen (secondary N) is 1. The van der Waals surface area contributed by atoms with Gasteiger partial charge in [-0.05, 0) is 19.3 Å². The minimum atomic E-state index is 0.763. The second-order valence-electron chi connectivity index (χ2n) is 4.53. The van der Waals surface area contributed by atoms with E-state index in [0.29, 0.717) is 0 Å². The van der Waals surface area contributed by atoms with E-state index in [2.05, 4.69) is 18.8 Å². The summed E-state index contributed by atoms with van der Waals surface area (Å²) in [6.07, 6.45) is 11.0. The van der Waals surface area contributed by atoms with Gasteiger partial charge in [-0.15, -0.1) is 0 Å². The van der Waals surface area contributed by atoms with Gasteiger partial charge in [0.2, 0.25) is 0 Å². The molecule has 1 N–H and O–H groups in total. The second-order valence-corrected chi connectivity index (χ2v) is 4.53. The maximum absolute atomic E-state index is 4.04. The number of hydrogen-bond donors (Lipinski definition) is 1. The molecule has 0 amide bonds. The molecule has 0 unspecified atom stereocenters. The lowest BCUT2D eigenvalue weighted by molar-refractivity contribution is 0.398. The van der Waals surface area contributed by atoms with E-state index >= 15 is 0 Å². The van der Waals surface area contributed by atoms with Gasteiger partial charge in [-0.25, -0.2) is 0 Å². The molecule has 0 radical (unpaired) electrons. The third-order valence-electron chi connectivity index (χ3n) is 3.25. The van der Waals surface area contributed by atoms with E-state index in [1.165, 1.54) is 50.5 Å². The van der Waals surface area contributed by atoms with E-state index in [9.17, 15) is 0 Å². The van der Waals surface area contributed by atoms with E-state index in [1.807, 2.05) is 0 Å². The molecule has 0 aliphatic heterocycles. The highest BCUT2D eigenvalue weighted by Crippen LogP contribution is 2.17. The predicted octanol–water partition coefficient (Wildman–Crippen LogP) is 3.66. The third-order valence-corrected chi connectivity index (χ3v) is 3.25. The van der Waals surface area contributed by atoms with E-state index in [1.54, 1.807) is 0 Å². The zero-order valence-electron chi connectivity index (χ0n) is 9.65. The topological polar surface area (TPSA) is 12.0 Å². The summed E-state index contributed by atoms with van der Waals surface area (Å²) in [5.41, 5.74) is 1.34. The summed E-state index contributed by atoms with van der Waals surface area (Å²) in [7, 11) is 0. The van der Waals surface area contributed by atoms with Crippen molar-refractivity contribution in [3.8, 4) is 0 Å². The van der Waals surface area contributed by atoms with Crippen molar-refractivity contribution in [1.82, 2.24) is 5.32 Å². The molecule has 0 spiro atoms. The number of hydrogen-bond acceptors (Lipinski definition) is 1. The lowest BCUT2D eigenvalue weighted by Crippen LogP contribution is -2.31. The van der Waals surface area contributed by atoms with Crippen molar-refractivity contribution >= 4 is 0 Å². The monoisotopic (exact) mass is 195 g/mol. The molecule has 0 bridgehead atoms. The van der Waals surface area contributed by atoms with Crippen LogP contribution in [-0.4, -0.2) is 12.6 Å². The molecule has 14 heavy (non-hydrogen) atoms. The third kappa shape index (κ3) is 4.80. The fourth-order valence-corrected chi connectivity index (χ4v) is 2.07. The van der Waals surface area contributed by atoms with Gasteiger partial charge in [-0.3, -0.25) is 0 Å². The summed E-state index contributed by atoms with van der Waals surface area (Å²) in [6.45, 7) is 7.25. The molecular weight excluding hydrogens is 170 g/mol. The molecule has 1 nitrogen and oxygen atoms in total. The molecule has 0 atom stereocenters. The molecule has 1 aliphatic rings. The molecule has 0 aromatic carbocycles. The maximum atomic E-state index is 4.04. The van der Waals surface area contributed by atoms with Crippen LogP contribution in [0.5, 0.6) is 0 Å². The van der Waals surface area contributed by atoms with Crippen LogP contribution in [0.25, 0.3) is 0 Å². The van der Waals surface area contributed by atoms with Gasteiger partial charge < -0.3 is 5.32 Å². The fraction of sp³-hybridized carbons (Fsp3) is 0.846. The average molecular weight is 195 g/mol. The van der Waals surface area contributed by atoms with Crippen molar-refractivity contribution in [1.29, 1.82) is 0 Å². The van der Waals surface area contributed by atoms with Gasteiger partial charge in [0.25, 0.3) is 0 Å². The number of rotatable bonds is 4. The summed E-state index contributed by atoms with van der Waals surface area (Å²) in [4.78, 5) is 0. The summed E-state index contributed by atoms with van der Waals surface area (Å²) in [6, 6.07) is 0.763. The van der Waals surface area contributed by atoms with Gasteiger partial charge in [-0.2, -0.15) is 0 Å². The molecule has 1 saturated carbocycles. The highest BCUT2D eigenvalue weighted by Gasteiger charge is 2.10. The standard InChI is InChI=1S/C13H25N/c1-3-12(2)11-14-13-9-7-5-4-6-8-10-13/h13-14H,2-11H2,1H3. The molecule has 0 aromatic heterocycles. The summed E-state index contributed by atoms with van der Waals surface area (Å²) in [5.74, 6) is 0. The molecular formula is C13H25N. The van der Waals surface area contributed by atoms with Crippen LogP contribution in [0.4, 0.5) is 0 Å². The molecule has 1 aliphatic carbocycles. The van der Waals surface area contributed by atoms with Gasteiger partial charge in [0.15, 0.2) is 0 Å². The Hall–Kier alpha value is -0.300. The van der Waals surface area contributed by atoms with Crippen LogP contribution in [-0.2, 0) is 0 Å². The van der Waals surface area contributed by atoms with Crippen LogP contribution in [0.3, 0.4) is 0 Å². The van der Waals surface area contributed by atoms with Crippen molar-refractivity contribution in [2.24, 2.45) is 0 Å². The maximum Gasteiger partial charge on any atom is 0.0164 e. The van der Waals surface area contributed by atoms with E-state index in [0.717, 1.165) is 19.0 Å². The van der Waals surface area contributed by atoms with Crippen LogP contribution in [0, 0.1) is 0 Å². The molecule has 82 valence electrons. The first-order valence-electron chi connectivity index (χ1n) is 6.23. The first kappa shape index (κ1) is 11.8. The Bertz CT molecular complexity index is 155. The smallest absolute Gasteiger partial charge is 0.0164 e. The van der Waals surface area contributed by atoms with E-state index in [4.69, 9.17) is 0 Å². The zero-order chi connectivity index (χ0) is 10.2. The van der Waals surface area contributed by atoms with Gasteiger partial charge in [0, 0.05) is 12.6 Å². The Morgan fingerprint density at radius 1 is 1.14 bits per heavy atom. The van der Waals surface area contributed by atoms with Crippen molar-refractivity contribution in [3.05, 3.63) is 12.2 Å². The second kappa shape index (κ2) is 7.05. The Labute approximate surface area is 89.0 Å². The van der Waals surface area contributed by atoms with Gasteiger partial charge >= 0.3 is 0 Å². The minimum Gasteiger partial charge on any atom is -0.310 e. The molecule has 0 saturated heterocycles. The Morgan fingerprint density at radius 2 is 1.71 bits per heavy atom. The zero-order valence-corrected chi connectivity index (χ0v) is 9.65. The van der Waals surface area contributed by atoms with Crippen LogP contribution >= 0.6 is 0 Å². The Balaban J connectivity index is 2.16. The molecule has 1 fully saturated rings. The van der Waals surface area contributed by atoms with E-state index in [-0.39, 0.29) is 0 Å². The Kier molecular flexibility index (Phi) is 5.93. The van der Waals surface area contributed by atoms with Crippen LogP contribution in [0.2, 0.25) is 0 Å². The van der Waals surface area contributed by atoms with Crippen molar-refractivity contribution in [3.63, 3.8) is 0 Å². The summed E-state index contributed by atoms with van der Waals surface area (Å²) >= 11 is 0. The van der Waals surface area contributed by atoms with Crippen molar-refractivity contribution in [2.75, 3.05) is 6.54 Å². The minimum absolute atomic E-state index is 0.763. The normalized spacial score (nSPS) is 20.1. The van der Waals surface area contributed by atoms with Gasteiger partial charge in [0.1, 0.15) is 0 Å². The van der Waals surface area contributed by atoms with Crippen LogP contribution in [0.15, 0.2) is 12.2 Å². The quantitative estimate of drug-likeness (QED) is 0.675. The lowest BCUT2D eigenvalue weighted by Gasteiger charge is -2.21.